The number of guanidine groups is 1. The monoisotopic (exact) mass is 529 g/mol. The number of aliphatic imine (C=N–C) groups is 1. The van der Waals surface area contributed by atoms with Crippen LogP contribution < -0.4 is 20.1 Å². The maximum Gasteiger partial charge on any atom is 0.387 e. The molecule has 0 saturated heterocycles. The maximum atomic E-state index is 12.7. The highest BCUT2D eigenvalue weighted by Crippen LogP contribution is 2.26. The fourth-order valence-corrected chi connectivity index (χ4v) is 2.92. The van der Waals surface area contributed by atoms with Crippen molar-refractivity contribution >= 4 is 29.9 Å². The van der Waals surface area contributed by atoms with Crippen molar-refractivity contribution < 1.29 is 23.4 Å². The van der Waals surface area contributed by atoms with Crippen LogP contribution in [0.1, 0.15) is 39.2 Å². The molecule has 0 aliphatic rings. The maximum absolute atomic E-state index is 12.7. The van der Waals surface area contributed by atoms with Gasteiger partial charge in [-0.05, 0) is 49.8 Å². The lowest BCUT2D eigenvalue weighted by Gasteiger charge is -2.20. The molecular formula is C20H34F2IN3O3. The predicted molar refractivity (Wildman–Crippen MR) is 123 cm³/mol. The van der Waals surface area contributed by atoms with Crippen molar-refractivity contribution in [2.45, 2.75) is 46.8 Å². The molecule has 1 aromatic carbocycles. The SMILES string of the molecule is CCNC(=NCc1cc(OC)ccc1OC(F)F)NCC(CCO)CC(C)C.I. The van der Waals surface area contributed by atoms with Crippen LogP contribution in [0.2, 0.25) is 0 Å². The number of aliphatic hydroxyl groups excluding tert-OH is 1. The summed E-state index contributed by atoms with van der Waals surface area (Å²) in [7, 11) is 1.51. The topological polar surface area (TPSA) is 75.1 Å². The lowest BCUT2D eigenvalue weighted by molar-refractivity contribution is -0.0504. The molecule has 6 nitrogen and oxygen atoms in total. The number of nitrogens with one attached hydrogen (secondary N) is 2. The van der Waals surface area contributed by atoms with Gasteiger partial charge in [0.2, 0.25) is 0 Å². The fourth-order valence-electron chi connectivity index (χ4n) is 2.92. The minimum atomic E-state index is -2.90. The molecule has 1 rings (SSSR count). The van der Waals surface area contributed by atoms with Gasteiger partial charge < -0.3 is 25.2 Å². The molecular weight excluding hydrogens is 495 g/mol. The quantitative estimate of drug-likeness (QED) is 0.217. The van der Waals surface area contributed by atoms with Crippen LogP contribution in [-0.4, -0.2) is 44.5 Å². The Labute approximate surface area is 189 Å². The molecule has 0 saturated carbocycles. The van der Waals surface area contributed by atoms with Crippen molar-refractivity contribution in [2.24, 2.45) is 16.8 Å². The van der Waals surface area contributed by atoms with Gasteiger partial charge in [0.25, 0.3) is 0 Å². The van der Waals surface area contributed by atoms with Gasteiger partial charge >= 0.3 is 6.61 Å². The van der Waals surface area contributed by atoms with Gasteiger partial charge in [0.15, 0.2) is 5.96 Å². The van der Waals surface area contributed by atoms with Crippen LogP contribution in [0.25, 0.3) is 0 Å². The summed E-state index contributed by atoms with van der Waals surface area (Å²) in [5.74, 6) is 2.06. The van der Waals surface area contributed by atoms with E-state index >= 15 is 0 Å². The molecule has 0 aliphatic heterocycles. The number of halogens is 3. The van der Waals surface area contributed by atoms with Crippen LogP contribution in [0, 0.1) is 11.8 Å². The van der Waals surface area contributed by atoms with E-state index in [1.54, 1.807) is 12.1 Å². The van der Waals surface area contributed by atoms with Gasteiger partial charge in [0, 0.05) is 25.3 Å². The van der Waals surface area contributed by atoms with E-state index in [-0.39, 0.29) is 42.9 Å². The van der Waals surface area contributed by atoms with E-state index in [4.69, 9.17) is 4.74 Å². The van der Waals surface area contributed by atoms with Gasteiger partial charge in [0.1, 0.15) is 11.5 Å². The average Bonchev–Trinajstić information content (AvgIpc) is 2.64. The summed E-state index contributed by atoms with van der Waals surface area (Å²) >= 11 is 0. The Morgan fingerprint density at radius 3 is 2.52 bits per heavy atom. The third kappa shape index (κ3) is 11.4. The van der Waals surface area contributed by atoms with E-state index in [1.807, 2.05) is 6.92 Å². The standard InChI is InChI=1S/C20H33F2N3O3.HI/c1-5-23-20(24-12-15(8-9-26)10-14(2)3)25-13-16-11-17(27-4)6-7-18(16)28-19(21)22;/h6-7,11,14-15,19,26H,5,8-10,12-13H2,1-4H3,(H2,23,24,25);1H. The molecule has 0 radical (unpaired) electrons. The Kier molecular flexibility index (Phi) is 14.8. The Hall–Kier alpha value is -1.36. The largest absolute Gasteiger partial charge is 0.497 e. The van der Waals surface area contributed by atoms with E-state index in [0.29, 0.717) is 48.6 Å². The van der Waals surface area contributed by atoms with Crippen molar-refractivity contribution in [1.29, 1.82) is 0 Å². The number of ether oxygens (including phenoxy) is 2. The molecule has 1 aromatic rings. The number of methoxy groups -OCH3 is 1. The first-order valence-electron chi connectivity index (χ1n) is 9.64. The first-order chi connectivity index (χ1) is 13.4. The molecule has 1 atom stereocenters. The Morgan fingerprint density at radius 2 is 1.97 bits per heavy atom. The first-order valence-corrected chi connectivity index (χ1v) is 9.64. The number of alkyl halides is 2. The smallest absolute Gasteiger partial charge is 0.387 e. The number of hydrogen-bond acceptors (Lipinski definition) is 4. The first kappa shape index (κ1) is 27.6. The van der Waals surface area contributed by atoms with Gasteiger partial charge in [-0.1, -0.05) is 13.8 Å². The van der Waals surface area contributed by atoms with Crippen molar-refractivity contribution in [2.75, 3.05) is 26.8 Å². The van der Waals surface area contributed by atoms with Gasteiger partial charge in [-0.2, -0.15) is 8.78 Å². The van der Waals surface area contributed by atoms with Crippen LogP contribution in [0.5, 0.6) is 11.5 Å². The molecule has 0 aromatic heterocycles. The normalized spacial score (nSPS) is 12.5. The molecule has 0 spiro atoms. The van der Waals surface area contributed by atoms with Crippen molar-refractivity contribution in [3.63, 3.8) is 0 Å². The van der Waals surface area contributed by atoms with E-state index < -0.39 is 6.61 Å². The summed E-state index contributed by atoms with van der Waals surface area (Å²) in [5, 5.41) is 15.7. The molecule has 0 fully saturated rings. The second kappa shape index (κ2) is 15.5. The molecule has 0 amide bonds. The van der Waals surface area contributed by atoms with Crippen molar-refractivity contribution in [3.8, 4) is 11.5 Å². The fraction of sp³-hybridized carbons (Fsp3) is 0.650. The molecule has 0 heterocycles. The molecule has 168 valence electrons. The molecule has 0 bridgehead atoms. The van der Waals surface area contributed by atoms with Crippen LogP contribution in [0.15, 0.2) is 23.2 Å². The summed E-state index contributed by atoms with van der Waals surface area (Å²) in [4.78, 5) is 4.49. The van der Waals surface area contributed by atoms with Crippen molar-refractivity contribution in [1.82, 2.24) is 10.6 Å². The summed E-state index contributed by atoms with van der Waals surface area (Å²) < 4.78 is 35.1. The zero-order valence-electron chi connectivity index (χ0n) is 17.6. The van der Waals surface area contributed by atoms with E-state index in [2.05, 4.69) is 34.2 Å². The van der Waals surface area contributed by atoms with Crippen LogP contribution in [0.3, 0.4) is 0 Å². The lowest BCUT2D eigenvalue weighted by atomic mass is 9.94. The van der Waals surface area contributed by atoms with Gasteiger partial charge in [-0.25, -0.2) is 4.99 Å². The second-order valence-corrected chi connectivity index (χ2v) is 6.94. The van der Waals surface area contributed by atoms with E-state index in [1.165, 1.54) is 13.2 Å². The predicted octanol–water partition coefficient (Wildman–Crippen LogP) is 4.01. The zero-order valence-corrected chi connectivity index (χ0v) is 19.9. The second-order valence-electron chi connectivity index (χ2n) is 6.94. The highest BCUT2D eigenvalue weighted by atomic mass is 127. The van der Waals surface area contributed by atoms with E-state index in [9.17, 15) is 13.9 Å². The lowest BCUT2D eigenvalue weighted by Crippen LogP contribution is -2.40. The van der Waals surface area contributed by atoms with Crippen molar-refractivity contribution in [3.05, 3.63) is 23.8 Å². The molecule has 1 unspecified atom stereocenters. The summed E-state index contributed by atoms with van der Waals surface area (Å²) in [6, 6.07) is 4.66. The third-order valence-corrected chi connectivity index (χ3v) is 4.14. The Balaban J connectivity index is 0.00000784. The molecule has 29 heavy (non-hydrogen) atoms. The minimum absolute atomic E-state index is 0. The number of benzene rings is 1. The van der Waals surface area contributed by atoms with Crippen LogP contribution in [0.4, 0.5) is 8.78 Å². The van der Waals surface area contributed by atoms with Crippen LogP contribution >= 0.6 is 24.0 Å². The number of aliphatic hydroxyl groups is 1. The van der Waals surface area contributed by atoms with Gasteiger partial charge in [0.05, 0.1) is 13.7 Å². The Morgan fingerprint density at radius 1 is 1.24 bits per heavy atom. The molecule has 3 N–H and O–H groups in total. The summed E-state index contributed by atoms with van der Waals surface area (Å²) in [6.45, 7) is 4.98. The van der Waals surface area contributed by atoms with E-state index in [0.717, 1.165) is 6.42 Å². The molecule has 0 aliphatic carbocycles. The number of rotatable bonds is 12. The summed E-state index contributed by atoms with van der Waals surface area (Å²) in [6.07, 6.45) is 1.71. The zero-order chi connectivity index (χ0) is 20.9. The number of nitrogens with zero attached hydrogens (tertiary/aromatic N) is 1. The van der Waals surface area contributed by atoms with Gasteiger partial charge in [-0.3, -0.25) is 0 Å². The van der Waals surface area contributed by atoms with Crippen LogP contribution in [-0.2, 0) is 6.54 Å². The minimum Gasteiger partial charge on any atom is -0.497 e. The Bertz CT molecular complexity index is 604. The van der Waals surface area contributed by atoms with Gasteiger partial charge in [-0.15, -0.1) is 24.0 Å². The highest BCUT2D eigenvalue weighted by Gasteiger charge is 2.13. The average molecular weight is 529 g/mol. The third-order valence-electron chi connectivity index (χ3n) is 4.14. The highest BCUT2D eigenvalue weighted by molar-refractivity contribution is 14.0. The summed E-state index contributed by atoms with van der Waals surface area (Å²) in [5.41, 5.74) is 0.506. The molecule has 9 heteroatoms. The number of hydrogen-bond donors (Lipinski definition) is 3.